The summed E-state index contributed by atoms with van der Waals surface area (Å²) in [5, 5.41) is 5.25. The number of benzene rings is 2. The highest BCUT2D eigenvalue weighted by Crippen LogP contribution is 2.30. The quantitative estimate of drug-likeness (QED) is 0.252. The molecule has 2 amide bonds. The van der Waals surface area contributed by atoms with Gasteiger partial charge in [-0.25, -0.2) is 4.79 Å². The van der Waals surface area contributed by atoms with Crippen LogP contribution in [0.5, 0.6) is 5.75 Å². The van der Waals surface area contributed by atoms with Crippen molar-refractivity contribution in [2.75, 3.05) is 30.0 Å². The first kappa shape index (κ1) is 28.3. The van der Waals surface area contributed by atoms with Gasteiger partial charge in [-0.15, -0.1) is 11.3 Å². The molecule has 39 heavy (non-hydrogen) atoms. The smallest absolute Gasteiger partial charge is 0.338 e. The summed E-state index contributed by atoms with van der Waals surface area (Å²) in [4.78, 5) is 43.2. The number of ether oxygens (including phenoxy) is 2. The van der Waals surface area contributed by atoms with Crippen LogP contribution in [-0.2, 0) is 20.7 Å². The summed E-state index contributed by atoms with van der Waals surface area (Å²) in [5.41, 5.74) is 2.74. The van der Waals surface area contributed by atoms with Crippen LogP contribution in [0, 0.1) is 6.92 Å². The molecule has 0 aliphatic carbocycles. The van der Waals surface area contributed by atoms with Crippen LogP contribution in [0.25, 0.3) is 0 Å². The maximum Gasteiger partial charge on any atom is 0.338 e. The number of hydrogen-bond acceptors (Lipinski definition) is 7. The molecule has 1 N–H and O–H groups in total. The molecular formula is C29H31N3O5S2. The van der Waals surface area contributed by atoms with Gasteiger partial charge in [0, 0.05) is 17.1 Å². The first-order valence-corrected chi connectivity index (χ1v) is 14.1. The molecule has 1 aromatic heterocycles. The molecule has 0 radical (unpaired) electrons. The minimum absolute atomic E-state index is 0.0739. The molecular weight excluding hydrogens is 534 g/mol. The Bertz CT molecular complexity index is 1340. The van der Waals surface area contributed by atoms with Crippen LogP contribution in [0.1, 0.15) is 41.1 Å². The highest BCUT2D eigenvalue weighted by atomic mass is 32.1. The Morgan fingerprint density at radius 1 is 1.03 bits per heavy atom. The number of thiocarbonyl (C=S) groups is 1. The standard InChI is InChI=1S/C29H31N3O5S2/c1-4-36-23-12-10-22(11-13-23)32-27(34)24(31(29(32)38)16-14-25-19(3)15-17-39-25)18-26(33)30-21-8-6-20(7-9-21)28(35)37-5-2/h6-13,15,17,24H,4-5,14,16,18H2,1-3H3,(H,30,33). The number of rotatable bonds is 11. The minimum atomic E-state index is -0.747. The number of aryl methyl sites for hydroxylation is 1. The van der Waals surface area contributed by atoms with Crippen LogP contribution in [-0.4, -0.2) is 53.6 Å². The van der Waals surface area contributed by atoms with E-state index in [4.69, 9.17) is 21.7 Å². The van der Waals surface area contributed by atoms with Gasteiger partial charge in [0.05, 0.1) is 30.9 Å². The third-order valence-corrected chi connectivity index (χ3v) is 7.83. The highest BCUT2D eigenvalue weighted by molar-refractivity contribution is 7.80. The Morgan fingerprint density at radius 3 is 2.36 bits per heavy atom. The van der Waals surface area contributed by atoms with Crippen molar-refractivity contribution in [3.8, 4) is 5.75 Å². The average molecular weight is 566 g/mol. The number of esters is 1. The van der Waals surface area contributed by atoms with Gasteiger partial charge in [0.15, 0.2) is 5.11 Å². The molecule has 0 spiro atoms. The van der Waals surface area contributed by atoms with E-state index >= 15 is 0 Å². The Labute approximate surface area is 237 Å². The van der Waals surface area contributed by atoms with Gasteiger partial charge in [-0.05, 0) is 105 Å². The topological polar surface area (TPSA) is 88.2 Å². The third kappa shape index (κ3) is 6.63. The fourth-order valence-corrected chi connectivity index (χ4v) is 5.67. The van der Waals surface area contributed by atoms with Crippen LogP contribution >= 0.6 is 23.6 Å². The van der Waals surface area contributed by atoms with E-state index in [0.29, 0.717) is 47.4 Å². The van der Waals surface area contributed by atoms with E-state index in [-0.39, 0.29) is 24.8 Å². The molecule has 4 rings (SSSR count). The van der Waals surface area contributed by atoms with Gasteiger partial charge >= 0.3 is 5.97 Å². The Kier molecular flexibility index (Phi) is 9.32. The molecule has 2 heterocycles. The molecule has 0 bridgehead atoms. The van der Waals surface area contributed by atoms with Crippen molar-refractivity contribution in [1.82, 2.24) is 4.90 Å². The van der Waals surface area contributed by atoms with Gasteiger partial charge in [0.2, 0.25) is 5.91 Å². The van der Waals surface area contributed by atoms with Crippen molar-refractivity contribution in [3.63, 3.8) is 0 Å². The predicted octanol–water partition coefficient (Wildman–Crippen LogP) is 5.21. The van der Waals surface area contributed by atoms with E-state index in [0.717, 1.165) is 0 Å². The molecule has 1 aliphatic heterocycles. The second-order valence-corrected chi connectivity index (χ2v) is 10.3. The number of hydrogen-bond donors (Lipinski definition) is 1. The lowest BCUT2D eigenvalue weighted by atomic mass is 10.1. The molecule has 3 aromatic rings. The molecule has 2 aromatic carbocycles. The lowest BCUT2D eigenvalue weighted by Crippen LogP contribution is -2.39. The zero-order chi connectivity index (χ0) is 27.9. The van der Waals surface area contributed by atoms with Crippen LogP contribution < -0.4 is 15.0 Å². The molecule has 10 heteroatoms. The van der Waals surface area contributed by atoms with Gasteiger partial charge in [0.25, 0.3) is 5.91 Å². The van der Waals surface area contributed by atoms with Gasteiger partial charge in [-0.1, -0.05) is 0 Å². The zero-order valence-electron chi connectivity index (χ0n) is 22.1. The summed E-state index contributed by atoms with van der Waals surface area (Å²) >= 11 is 7.45. The van der Waals surface area contributed by atoms with Crippen molar-refractivity contribution in [2.24, 2.45) is 0 Å². The number of carbonyl (C=O) groups is 3. The Balaban J connectivity index is 1.51. The molecule has 1 atom stereocenters. The largest absolute Gasteiger partial charge is 0.494 e. The van der Waals surface area contributed by atoms with E-state index in [9.17, 15) is 14.4 Å². The number of anilines is 2. The normalized spacial score (nSPS) is 15.0. The second-order valence-electron chi connectivity index (χ2n) is 8.92. The van der Waals surface area contributed by atoms with Gasteiger partial charge < -0.3 is 19.7 Å². The van der Waals surface area contributed by atoms with Crippen LogP contribution in [0.3, 0.4) is 0 Å². The summed E-state index contributed by atoms with van der Waals surface area (Å²) in [6.45, 7) is 7.04. The fraction of sp³-hybridized carbons (Fsp3) is 0.310. The van der Waals surface area contributed by atoms with E-state index < -0.39 is 12.0 Å². The first-order valence-electron chi connectivity index (χ1n) is 12.8. The molecule has 1 aliphatic rings. The van der Waals surface area contributed by atoms with Crippen molar-refractivity contribution >= 4 is 57.8 Å². The molecule has 8 nitrogen and oxygen atoms in total. The summed E-state index contributed by atoms with van der Waals surface area (Å²) in [6.07, 6.45) is 0.636. The monoisotopic (exact) mass is 565 g/mol. The SMILES string of the molecule is CCOC(=O)c1ccc(NC(=O)CC2C(=O)N(c3ccc(OCC)cc3)C(=S)N2CCc2sccc2C)cc1. The van der Waals surface area contributed by atoms with Crippen LogP contribution in [0.2, 0.25) is 0 Å². The number of carbonyl (C=O) groups excluding carboxylic acids is 3. The van der Waals surface area contributed by atoms with Gasteiger partial charge in [-0.3, -0.25) is 14.5 Å². The van der Waals surface area contributed by atoms with Crippen molar-refractivity contribution in [3.05, 3.63) is 76.0 Å². The third-order valence-electron chi connectivity index (χ3n) is 6.33. The zero-order valence-corrected chi connectivity index (χ0v) is 23.8. The van der Waals surface area contributed by atoms with Crippen molar-refractivity contribution in [2.45, 2.75) is 39.7 Å². The number of nitrogens with one attached hydrogen (secondary N) is 1. The fourth-order valence-electron chi connectivity index (χ4n) is 4.36. The molecule has 204 valence electrons. The number of nitrogens with zero attached hydrogens (tertiary/aromatic N) is 2. The van der Waals surface area contributed by atoms with E-state index in [1.54, 1.807) is 66.8 Å². The first-order chi connectivity index (χ1) is 18.8. The molecule has 1 saturated heterocycles. The minimum Gasteiger partial charge on any atom is -0.494 e. The van der Waals surface area contributed by atoms with E-state index in [1.165, 1.54) is 15.3 Å². The highest BCUT2D eigenvalue weighted by Gasteiger charge is 2.44. The summed E-state index contributed by atoms with van der Waals surface area (Å²) in [7, 11) is 0. The summed E-state index contributed by atoms with van der Waals surface area (Å²) in [5.74, 6) is -0.300. The molecule has 1 unspecified atom stereocenters. The van der Waals surface area contributed by atoms with E-state index in [2.05, 4.69) is 18.3 Å². The second kappa shape index (κ2) is 12.9. The summed E-state index contributed by atoms with van der Waals surface area (Å²) in [6, 6.07) is 15.0. The van der Waals surface area contributed by atoms with Crippen LogP contribution in [0.15, 0.2) is 60.0 Å². The van der Waals surface area contributed by atoms with Gasteiger partial charge in [0.1, 0.15) is 11.8 Å². The van der Waals surface area contributed by atoms with Crippen molar-refractivity contribution < 1.29 is 23.9 Å². The van der Waals surface area contributed by atoms with E-state index in [1.807, 2.05) is 17.2 Å². The average Bonchev–Trinajstić information content (AvgIpc) is 3.43. The molecule has 0 saturated carbocycles. The van der Waals surface area contributed by atoms with Crippen LogP contribution in [0.4, 0.5) is 11.4 Å². The maximum atomic E-state index is 13.7. The van der Waals surface area contributed by atoms with Gasteiger partial charge in [-0.2, -0.15) is 0 Å². The number of amides is 2. The Morgan fingerprint density at radius 2 is 1.74 bits per heavy atom. The summed E-state index contributed by atoms with van der Waals surface area (Å²) < 4.78 is 10.5. The molecule has 1 fully saturated rings. The predicted molar refractivity (Wildman–Crippen MR) is 157 cm³/mol. The maximum absolute atomic E-state index is 13.7. The lowest BCUT2D eigenvalue weighted by Gasteiger charge is -2.24. The Hall–Kier alpha value is -3.76. The number of thiophene rings is 1. The van der Waals surface area contributed by atoms with Crippen molar-refractivity contribution in [1.29, 1.82) is 0 Å². The lowest BCUT2D eigenvalue weighted by molar-refractivity contribution is -0.124.